The van der Waals surface area contributed by atoms with Crippen molar-refractivity contribution in [2.45, 2.75) is 6.04 Å². The second-order valence-corrected chi connectivity index (χ2v) is 6.35. The number of nitrogens with one attached hydrogen (secondary N) is 1. The van der Waals surface area contributed by atoms with Crippen molar-refractivity contribution in [2.24, 2.45) is 11.0 Å². The molecule has 0 aliphatic carbocycles. The first-order valence-corrected chi connectivity index (χ1v) is 8.59. The van der Waals surface area contributed by atoms with E-state index in [2.05, 4.69) is 10.5 Å². The number of Topliss-reactive ketones (excluding diaryl/α,β-unsaturated/α-hetero) is 1. The molecule has 2 aliphatic rings. The lowest BCUT2D eigenvalue weighted by atomic mass is 9.92. The van der Waals surface area contributed by atoms with Crippen molar-refractivity contribution in [1.82, 2.24) is 5.43 Å². The van der Waals surface area contributed by atoms with Crippen molar-refractivity contribution in [3.63, 3.8) is 0 Å². The second-order valence-electron chi connectivity index (χ2n) is 6.35. The van der Waals surface area contributed by atoms with Crippen molar-refractivity contribution in [2.75, 3.05) is 19.1 Å². The lowest BCUT2D eigenvalue weighted by molar-refractivity contribution is -0.122. The Labute approximate surface area is 160 Å². The summed E-state index contributed by atoms with van der Waals surface area (Å²) in [6.07, 6.45) is 0. The minimum Gasteiger partial charge on any atom is -0.497 e. The molecule has 2 aromatic carbocycles. The van der Waals surface area contributed by atoms with Crippen LogP contribution in [0.4, 0.5) is 5.69 Å². The summed E-state index contributed by atoms with van der Waals surface area (Å²) >= 11 is 0. The molecule has 0 spiro atoms. The first-order valence-electron chi connectivity index (χ1n) is 8.59. The van der Waals surface area contributed by atoms with Crippen molar-refractivity contribution in [3.8, 4) is 11.5 Å². The normalized spacial score (nSPS) is 20.5. The summed E-state index contributed by atoms with van der Waals surface area (Å²) in [5, 5.41) is 3.99. The van der Waals surface area contributed by atoms with Crippen molar-refractivity contribution < 1.29 is 23.9 Å². The number of fused-ring (bicyclic) bond motifs is 1. The van der Waals surface area contributed by atoms with Gasteiger partial charge in [0.1, 0.15) is 29.2 Å². The molecule has 142 valence electrons. The average Bonchev–Trinajstić information content (AvgIpc) is 3.27. The van der Waals surface area contributed by atoms with Gasteiger partial charge in [0.25, 0.3) is 5.91 Å². The van der Waals surface area contributed by atoms with Crippen molar-refractivity contribution in [3.05, 3.63) is 54.1 Å². The molecular weight excluding hydrogens is 362 g/mol. The maximum atomic E-state index is 13.0. The van der Waals surface area contributed by atoms with Crippen LogP contribution in [0.3, 0.4) is 0 Å². The number of ether oxygens (including phenoxy) is 2. The highest BCUT2D eigenvalue weighted by Gasteiger charge is 2.55. The molecule has 2 aromatic rings. The second kappa shape index (κ2) is 6.80. The van der Waals surface area contributed by atoms with Crippen LogP contribution in [0.5, 0.6) is 11.5 Å². The number of hydrogen-bond acceptors (Lipinski definition) is 7. The van der Waals surface area contributed by atoms with Crippen LogP contribution < -0.4 is 19.8 Å². The Morgan fingerprint density at radius 1 is 1.00 bits per heavy atom. The Morgan fingerprint density at radius 3 is 2.39 bits per heavy atom. The molecule has 28 heavy (non-hydrogen) atoms. The van der Waals surface area contributed by atoms with Gasteiger partial charge in [-0.3, -0.25) is 19.8 Å². The maximum absolute atomic E-state index is 13.0. The first kappa shape index (κ1) is 17.7. The fourth-order valence-corrected chi connectivity index (χ4v) is 3.37. The van der Waals surface area contributed by atoms with E-state index < -0.39 is 29.6 Å². The van der Waals surface area contributed by atoms with Crippen LogP contribution in [-0.2, 0) is 9.59 Å². The molecule has 8 heteroatoms. The molecule has 0 radical (unpaired) electrons. The summed E-state index contributed by atoms with van der Waals surface area (Å²) in [7, 11) is 3.03. The fourth-order valence-electron chi connectivity index (χ4n) is 3.37. The number of anilines is 1. The lowest BCUT2D eigenvalue weighted by Crippen LogP contribution is -2.36. The van der Waals surface area contributed by atoms with Crippen LogP contribution in [0.2, 0.25) is 0 Å². The molecule has 0 bridgehead atoms. The average molecular weight is 379 g/mol. The van der Waals surface area contributed by atoms with Crippen LogP contribution in [0.1, 0.15) is 10.4 Å². The summed E-state index contributed by atoms with van der Waals surface area (Å²) in [4.78, 5) is 39.7. The molecule has 1 saturated heterocycles. The monoisotopic (exact) mass is 379 g/mol. The fraction of sp³-hybridized carbons (Fsp3) is 0.200. The van der Waals surface area contributed by atoms with Crippen LogP contribution in [0.15, 0.2) is 53.6 Å². The molecule has 0 saturated carbocycles. The quantitative estimate of drug-likeness (QED) is 0.623. The largest absolute Gasteiger partial charge is 0.497 e. The van der Waals surface area contributed by atoms with E-state index >= 15 is 0 Å². The summed E-state index contributed by atoms with van der Waals surface area (Å²) < 4.78 is 10.2. The van der Waals surface area contributed by atoms with Crippen LogP contribution in [0, 0.1) is 5.92 Å². The van der Waals surface area contributed by atoms with Gasteiger partial charge < -0.3 is 9.47 Å². The molecule has 4 rings (SSSR count). The lowest BCUT2D eigenvalue weighted by Gasteiger charge is -2.16. The number of amides is 2. The summed E-state index contributed by atoms with van der Waals surface area (Å²) in [5.74, 6) is -1.19. The highest BCUT2D eigenvalue weighted by Crippen LogP contribution is 2.33. The number of rotatable bonds is 5. The Bertz CT molecular complexity index is 999. The number of carbonyl (C=O) groups excluding carboxylic acids is 3. The SMILES string of the molecule is COc1ccc(C(=O)C2=NN[C@@H]3C(=O)N(c4cccc(OC)c4)C(=O)[C@H]23)cc1. The minimum atomic E-state index is -0.965. The number of benzene rings is 2. The van der Waals surface area contributed by atoms with E-state index in [-0.39, 0.29) is 5.71 Å². The minimum absolute atomic E-state index is 0.0268. The number of methoxy groups -OCH3 is 2. The Morgan fingerprint density at radius 2 is 1.71 bits per heavy atom. The highest BCUT2D eigenvalue weighted by atomic mass is 16.5. The summed E-state index contributed by atoms with van der Waals surface area (Å²) in [5.41, 5.74) is 3.43. The van der Waals surface area contributed by atoms with Crippen LogP contribution >= 0.6 is 0 Å². The predicted molar refractivity (Wildman–Crippen MR) is 101 cm³/mol. The zero-order valence-corrected chi connectivity index (χ0v) is 15.2. The number of ketones is 1. The van der Waals surface area contributed by atoms with Gasteiger partial charge in [0.2, 0.25) is 11.7 Å². The van der Waals surface area contributed by atoms with Crippen LogP contribution in [-0.4, -0.2) is 43.6 Å². The molecule has 2 amide bonds. The van der Waals surface area contributed by atoms with Crippen LogP contribution in [0.25, 0.3) is 0 Å². The smallest absolute Gasteiger partial charge is 0.259 e. The van der Waals surface area contributed by atoms with Gasteiger partial charge in [-0.15, -0.1) is 0 Å². The van der Waals surface area contributed by atoms with E-state index in [9.17, 15) is 14.4 Å². The van der Waals surface area contributed by atoms with Gasteiger partial charge in [0.05, 0.1) is 19.9 Å². The molecule has 0 aromatic heterocycles. The zero-order valence-electron chi connectivity index (χ0n) is 15.2. The highest BCUT2D eigenvalue weighted by molar-refractivity contribution is 6.52. The molecule has 1 N–H and O–H groups in total. The van der Waals surface area contributed by atoms with Gasteiger partial charge in [-0.25, -0.2) is 4.90 Å². The number of nitrogens with zero attached hydrogens (tertiary/aromatic N) is 2. The molecule has 0 unspecified atom stereocenters. The van der Waals surface area contributed by atoms with E-state index in [0.29, 0.717) is 22.7 Å². The molecule has 2 heterocycles. The van der Waals surface area contributed by atoms with E-state index in [1.54, 1.807) is 48.5 Å². The van der Waals surface area contributed by atoms with E-state index in [1.807, 2.05) is 0 Å². The third-order valence-corrected chi connectivity index (χ3v) is 4.82. The molecule has 1 fully saturated rings. The van der Waals surface area contributed by atoms with Gasteiger partial charge in [0.15, 0.2) is 0 Å². The van der Waals surface area contributed by atoms with Crippen molar-refractivity contribution in [1.29, 1.82) is 0 Å². The van der Waals surface area contributed by atoms with Gasteiger partial charge in [-0.2, -0.15) is 5.10 Å². The Kier molecular flexibility index (Phi) is 4.31. The number of hydrazone groups is 1. The Hall–Kier alpha value is -3.68. The standard InChI is InChI=1S/C20H17N3O5/c1-27-13-8-6-11(7-9-13)18(24)16-15-17(22-21-16)20(26)23(19(15)25)12-4-3-5-14(10-12)28-2/h3-10,15,17,22H,1-2H3/t15-,17+/m1/s1. The number of carbonyl (C=O) groups is 3. The zero-order chi connectivity index (χ0) is 19.8. The number of hydrogen-bond donors (Lipinski definition) is 1. The van der Waals surface area contributed by atoms with E-state index in [1.165, 1.54) is 14.2 Å². The third kappa shape index (κ3) is 2.70. The summed E-state index contributed by atoms with van der Waals surface area (Å²) in [6.45, 7) is 0. The van der Waals surface area contributed by atoms with E-state index in [0.717, 1.165) is 4.90 Å². The molecular formula is C20H17N3O5. The number of imide groups is 1. The van der Waals surface area contributed by atoms with Gasteiger partial charge in [-0.05, 0) is 36.4 Å². The molecule has 2 aliphatic heterocycles. The van der Waals surface area contributed by atoms with Gasteiger partial charge in [-0.1, -0.05) is 6.07 Å². The predicted octanol–water partition coefficient (Wildman–Crippen LogP) is 1.40. The third-order valence-electron chi connectivity index (χ3n) is 4.82. The van der Waals surface area contributed by atoms with Crippen molar-refractivity contribution >= 4 is 29.0 Å². The van der Waals surface area contributed by atoms with Gasteiger partial charge in [0, 0.05) is 11.6 Å². The topological polar surface area (TPSA) is 97.3 Å². The Balaban J connectivity index is 1.63. The van der Waals surface area contributed by atoms with E-state index in [4.69, 9.17) is 9.47 Å². The maximum Gasteiger partial charge on any atom is 0.259 e. The summed E-state index contributed by atoms with van der Waals surface area (Å²) in [6, 6.07) is 12.2. The molecule has 2 atom stereocenters. The van der Waals surface area contributed by atoms with Gasteiger partial charge >= 0.3 is 0 Å². The first-order chi connectivity index (χ1) is 13.5. The molecule has 8 nitrogen and oxygen atoms in total.